The van der Waals surface area contributed by atoms with E-state index in [-0.39, 0.29) is 5.82 Å². The van der Waals surface area contributed by atoms with Crippen molar-refractivity contribution in [2.24, 2.45) is 0 Å². The van der Waals surface area contributed by atoms with E-state index < -0.39 is 11.7 Å². The summed E-state index contributed by atoms with van der Waals surface area (Å²) in [4.78, 5) is 3.68. The smallest absolute Gasteiger partial charge is 0.308 e. The van der Waals surface area contributed by atoms with E-state index in [0.29, 0.717) is 24.3 Å². The summed E-state index contributed by atoms with van der Waals surface area (Å²) in [6.07, 6.45) is 1.62. The molecule has 3 rings (SSSR count). The topological polar surface area (TPSA) is 42.7 Å². The predicted molar refractivity (Wildman–Crippen MR) is 83.3 cm³/mol. The summed E-state index contributed by atoms with van der Waals surface area (Å²) in [7, 11) is 0. The molecule has 0 spiro atoms. The van der Waals surface area contributed by atoms with Crippen LogP contribution in [0.25, 0.3) is 5.69 Å². The van der Waals surface area contributed by atoms with E-state index in [1.165, 1.54) is 23.0 Å². The highest BCUT2D eigenvalue weighted by atomic mass is 19.4. The molecule has 25 heavy (non-hydrogen) atoms. The number of benzene rings is 1. The second-order valence-electron chi connectivity index (χ2n) is 5.41. The van der Waals surface area contributed by atoms with Crippen molar-refractivity contribution in [3.63, 3.8) is 0 Å². The van der Waals surface area contributed by atoms with E-state index in [1.807, 2.05) is 0 Å². The van der Waals surface area contributed by atoms with Crippen LogP contribution in [0.15, 0.2) is 55.1 Å². The first-order chi connectivity index (χ1) is 11.9. The summed E-state index contributed by atoms with van der Waals surface area (Å²) >= 11 is 0. The number of aromatic nitrogens is 3. The fourth-order valence-electron chi connectivity index (χ4n) is 2.28. The Morgan fingerprint density at radius 2 is 1.76 bits per heavy atom. The third-order valence-corrected chi connectivity index (χ3v) is 3.60. The summed E-state index contributed by atoms with van der Waals surface area (Å²) in [5.41, 5.74) is 1.16. The van der Waals surface area contributed by atoms with E-state index >= 15 is 0 Å². The maximum atomic E-state index is 13.5. The number of pyridine rings is 1. The molecule has 0 aliphatic rings. The minimum absolute atomic E-state index is 0.333. The minimum atomic E-state index is -4.36. The zero-order chi connectivity index (χ0) is 17.9. The fraction of sp³-hybridized carbons (Fsp3) is 0.176. The lowest BCUT2D eigenvalue weighted by molar-refractivity contribution is -0.137. The van der Waals surface area contributed by atoms with Crippen LogP contribution < -0.4 is 5.32 Å². The van der Waals surface area contributed by atoms with Gasteiger partial charge in [-0.15, -0.1) is 0 Å². The van der Waals surface area contributed by atoms with Crippen LogP contribution in [-0.4, -0.2) is 14.8 Å². The number of halogens is 4. The van der Waals surface area contributed by atoms with Gasteiger partial charge in [0.2, 0.25) is 0 Å². The van der Waals surface area contributed by atoms with Crippen LogP contribution in [0.2, 0.25) is 0 Å². The van der Waals surface area contributed by atoms with E-state index in [2.05, 4.69) is 15.4 Å². The van der Waals surface area contributed by atoms with Gasteiger partial charge in [0, 0.05) is 36.6 Å². The van der Waals surface area contributed by atoms with Gasteiger partial charge >= 0.3 is 6.18 Å². The molecule has 3 aromatic rings. The van der Waals surface area contributed by atoms with Crippen LogP contribution in [-0.2, 0) is 19.3 Å². The Bertz CT molecular complexity index is 840. The number of hydrogen-bond acceptors (Lipinski definition) is 3. The molecule has 0 saturated heterocycles. The lowest BCUT2D eigenvalue weighted by Gasteiger charge is -2.07. The van der Waals surface area contributed by atoms with Crippen LogP contribution in [0, 0.1) is 5.82 Å². The molecule has 0 unspecified atom stereocenters. The maximum Gasteiger partial charge on any atom is 0.416 e. The van der Waals surface area contributed by atoms with Gasteiger partial charge in [0.1, 0.15) is 5.82 Å². The standard InChI is InChI=1S/C17H14F4N4/c18-16-10-22-6-5-13(16)9-23-7-12-8-24-25(11-12)15-3-1-14(2-4-15)17(19,20)21/h1-6,8,10-11,23H,7,9H2. The third kappa shape index (κ3) is 4.21. The summed E-state index contributed by atoms with van der Waals surface area (Å²) < 4.78 is 52.7. The highest BCUT2D eigenvalue weighted by Gasteiger charge is 2.30. The molecule has 130 valence electrons. The summed E-state index contributed by atoms with van der Waals surface area (Å²) in [6.45, 7) is 0.780. The van der Waals surface area contributed by atoms with Crippen molar-refractivity contribution in [2.75, 3.05) is 0 Å². The molecule has 1 N–H and O–H groups in total. The molecule has 0 bridgehead atoms. The minimum Gasteiger partial charge on any atom is -0.308 e. The van der Waals surface area contributed by atoms with Crippen LogP contribution >= 0.6 is 0 Å². The van der Waals surface area contributed by atoms with Crippen LogP contribution in [0.1, 0.15) is 16.7 Å². The molecular formula is C17H14F4N4. The molecule has 0 saturated carbocycles. The number of hydrogen-bond donors (Lipinski definition) is 1. The Morgan fingerprint density at radius 1 is 1.00 bits per heavy atom. The Kier molecular flexibility index (Phi) is 4.80. The Morgan fingerprint density at radius 3 is 2.44 bits per heavy atom. The number of nitrogens with one attached hydrogen (secondary N) is 1. The zero-order valence-corrected chi connectivity index (χ0v) is 13.0. The largest absolute Gasteiger partial charge is 0.416 e. The second-order valence-corrected chi connectivity index (χ2v) is 5.41. The molecule has 0 amide bonds. The molecule has 0 atom stereocenters. The van der Waals surface area contributed by atoms with Crippen molar-refractivity contribution in [3.05, 3.63) is 77.6 Å². The molecule has 0 aliphatic carbocycles. The van der Waals surface area contributed by atoms with Gasteiger partial charge in [-0.3, -0.25) is 4.98 Å². The molecule has 8 heteroatoms. The molecule has 1 aromatic carbocycles. The van der Waals surface area contributed by atoms with Gasteiger partial charge in [-0.05, 0) is 30.3 Å². The lowest BCUT2D eigenvalue weighted by Crippen LogP contribution is -2.13. The van der Waals surface area contributed by atoms with Crippen LogP contribution in [0.4, 0.5) is 17.6 Å². The van der Waals surface area contributed by atoms with Gasteiger partial charge in [-0.25, -0.2) is 9.07 Å². The van der Waals surface area contributed by atoms with Crippen molar-refractivity contribution in [1.29, 1.82) is 0 Å². The van der Waals surface area contributed by atoms with Crippen molar-refractivity contribution >= 4 is 0 Å². The maximum absolute atomic E-state index is 13.5. The Balaban J connectivity index is 1.61. The van der Waals surface area contributed by atoms with Crippen molar-refractivity contribution < 1.29 is 17.6 Å². The van der Waals surface area contributed by atoms with Crippen LogP contribution in [0.3, 0.4) is 0 Å². The average molecular weight is 350 g/mol. The second kappa shape index (κ2) is 7.02. The van der Waals surface area contributed by atoms with Gasteiger partial charge in [0.25, 0.3) is 0 Å². The number of alkyl halides is 3. The molecule has 0 aliphatic heterocycles. The van der Waals surface area contributed by atoms with Gasteiger partial charge in [0.05, 0.1) is 23.6 Å². The van der Waals surface area contributed by atoms with E-state index in [9.17, 15) is 17.6 Å². The quantitative estimate of drug-likeness (QED) is 0.714. The molecular weight excluding hydrogens is 336 g/mol. The first-order valence-electron chi connectivity index (χ1n) is 7.44. The Labute approximate surface area is 141 Å². The predicted octanol–water partition coefficient (Wildman–Crippen LogP) is 3.72. The monoisotopic (exact) mass is 350 g/mol. The highest BCUT2D eigenvalue weighted by molar-refractivity contribution is 5.35. The SMILES string of the molecule is Fc1cnccc1CNCc1cnn(-c2ccc(C(F)(F)F)cc2)c1. The normalized spacial score (nSPS) is 11.7. The summed E-state index contributed by atoms with van der Waals surface area (Å²) in [5.74, 6) is -0.379. The zero-order valence-electron chi connectivity index (χ0n) is 13.0. The lowest BCUT2D eigenvalue weighted by atomic mass is 10.2. The highest BCUT2D eigenvalue weighted by Crippen LogP contribution is 2.29. The van der Waals surface area contributed by atoms with Crippen molar-refractivity contribution in [2.45, 2.75) is 19.3 Å². The molecule has 2 aromatic heterocycles. The molecule has 0 fully saturated rings. The number of nitrogens with zero attached hydrogens (tertiary/aromatic N) is 3. The summed E-state index contributed by atoms with van der Waals surface area (Å²) in [5, 5.41) is 7.22. The van der Waals surface area contributed by atoms with E-state index in [4.69, 9.17) is 0 Å². The Hall–Kier alpha value is -2.74. The molecule has 4 nitrogen and oxygen atoms in total. The average Bonchev–Trinajstić information content (AvgIpc) is 3.05. The van der Waals surface area contributed by atoms with Gasteiger partial charge < -0.3 is 5.32 Å². The third-order valence-electron chi connectivity index (χ3n) is 3.60. The van der Waals surface area contributed by atoms with Gasteiger partial charge in [0.15, 0.2) is 0 Å². The van der Waals surface area contributed by atoms with Crippen LogP contribution in [0.5, 0.6) is 0 Å². The van der Waals surface area contributed by atoms with Gasteiger partial charge in [-0.1, -0.05) is 0 Å². The summed E-state index contributed by atoms with van der Waals surface area (Å²) in [6, 6.07) is 6.34. The van der Waals surface area contributed by atoms with Crippen molar-refractivity contribution in [3.8, 4) is 5.69 Å². The van der Waals surface area contributed by atoms with E-state index in [0.717, 1.165) is 23.9 Å². The first kappa shape index (κ1) is 17.1. The fourth-order valence-corrected chi connectivity index (χ4v) is 2.28. The molecule has 2 heterocycles. The number of rotatable bonds is 5. The van der Waals surface area contributed by atoms with Gasteiger partial charge in [-0.2, -0.15) is 18.3 Å². The molecule has 0 radical (unpaired) electrons. The van der Waals surface area contributed by atoms with Crippen molar-refractivity contribution in [1.82, 2.24) is 20.1 Å². The van der Waals surface area contributed by atoms with E-state index in [1.54, 1.807) is 18.5 Å². The first-order valence-corrected chi connectivity index (χ1v) is 7.44.